The van der Waals surface area contributed by atoms with Crippen molar-refractivity contribution in [1.29, 1.82) is 0 Å². The molecular weight excluding hydrogens is 256 g/mol. The molecule has 1 aromatic rings. The second-order valence-electron chi connectivity index (χ2n) is 6.02. The first-order valence-corrected chi connectivity index (χ1v) is 7.77. The van der Waals surface area contributed by atoms with Gasteiger partial charge in [-0.3, -0.25) is 4.90 Å². The molecule has 0 spiro atoms. The second-order valence-corrected chi connectivity index (χ2v) is 6.45. The average molecular weight is 279 g/mol. The molecule has 1 N–H and O–H groups in total. The third-order valence-corrected chi connectivity index (χ3v) is 5.25. The first-order valence-electron chi connectivity index (χ1n) is 7.39. The van der Waals surface area contributed by atoms with Gasteiger partial charge in [-0.15, -0.1) is 0 Å². The minimum Gasteiger partial charge on any atom is -0.317 e. The molecule has 2 bridgehead atoms. The summed E-state index contributed by atoms with van der Waals surface area (Å²) in [6, 6.07) is 11.1. The van der Waals surface area contributed by atoms with Gasteiger partial charge in [-0.1, -0.05) is 23.7 Å². The molecule has 104 valence electrons. The summed E-state index contributed by atoms with van der Waals surface area (Å²) >= 11 is 5.99. The molecule has 2 nitrogen and oxygen atoms in total. The second kappa shape index (κ2) is 5.43. The summed E-state index contributed by atoms with van der Waals surface area (Å²) in [7, 11) is 2.10. The third-order valence-electron chi connectivity index (χ3n) is 5.00. The van der Waals surface area contributed by atoms with E-state index in [-0.39, 0.29) is 0 Å². The molecule has 3 heteroatoms. The van der Waals surface area contributed by atoms with Gasteiger partial charge >= 0.3 is 0 Å². The SMILES string of the molecule is CNC1CC2CCC(C1)N2C(C)c1ccc(Cl)cc1. The predicted molar refractivity (Wildman–Crippen MR) is 80.6 cm³/mol. The summed E-state index contributed by atoms with van der Waals surface area (Å²) < 4.78 is 0. The van der Waals surface area contributed by atoms with E-state index in [4.69, 9.17) is 11.6 Å². The molecule has 2 aliphatic heterocycles. The van der Waals surface area contributed by atoms with Crippen molar-refractivity contribution in [2.45, 2.75) is 56.8 Å². The number of hydrogen-bond donors (Lipinski definition) is 1. The fourth-order valence-corrected chi connectivity index (χ4v) is 4.12. The number of rotatable bonds is 3. The summed E-state index contributed by atoms with van der Waals surface area (Å²) in [6.45, 7) is 2.34. The first kappa shape index (κ1) is 13.4. The van der Waals surface area contributed by atoms with Crippen LogP contribution in [0.3, 0.4) is 0 Å². The largest absolute Gasteiger partial charge is 0.317 e. The van der Waals surface area contributed by atoms with Crippen molar-refractivity contribution in [3.05, 3.63) is 34.9 Å². The zero-order valence-electron chi connectivity index (χ0n) is 11.8. The Balaban J connectivity index is 1.77. The zero-order valence-corrected chi connectivity index (χ0v) is 12.5. The van der Waals surface area contributed by atoms with Gasteiger partial charge in [-0.05, 0) is 57.4 Å². The number of nitrogens with zero attached hydrogens (tertiary/aromatic N) is 1. The van der Waals surface area contributed by atoms with Crippen LogP contribution in [0.4, 0.5) is 0 Å². The van der Waals surface area contributed by atoms with Crippen LogP contribution in [0.5, 0.6) is 0 Å². The monoisotopic (exact) mass is 278 g/mol. The number of hydrogen-bond acceptors (Lipinski definition) is 2. The van der Waals surface area contributed by atoms with Crippen molar-refractivity contribution in [1.82, 2.24) is 10.2 Å². The lowest BCUT2D eigenvalue weighted by molar-refractivity contribution is 0.0789. The van der Waals surface area contributed by atoms with Gasteiger partial charge in [0, 0.05) is 29.2 Å². The molecule has 3 unspecified atom stereocenters. The van der Waals surface area contributed by atoms with Gasteiger partial charge < -0.3 is 5.32 Å². The molecule has 2 heterocycles. The van der Waals surface area contributed by atoms with Gasteiger partial charge in [0.25, 0.3) is 0 Å². The Bertz CT molecular complexity index is 417. The van der Waals surface area contributed by atoms with Crippen LogP contribution in [0, 0.1) is 0 Å². The van der Waals surface area contributed by atoms with Crippen LogP contribution in [0.15, 0.2) is 24.3 Å². The predicted octanol–water partition coefficient (Wildman–Crippen LogP) is 3.62. The lowest BCUT2D eigenvalue weighted by Crippen LogP contribution is -2.49. The maximum Gasteiger partial charge on any atom is 0.0406 e. The van der Waals surface area contributed by atoms with Crippen LogP contribution in [0.25, 0.3) is 0 Å². The highest BCUT2D eigenvalue weighted by atomic mass is 35.5. The molecule has 0 amide bonds. The van der Waals surface area contributed by atoms with E-state index >= 15 is 0 Å². The standard InChI is InChI=1S/C16H23ClN2/c1-11(12-3-5-13(17)6-4-12)19-15-7-8-16(19)10-14(9-15)18-2/h3-6,11,14-16,18H,7-10H2,1-2H3. The van der Waals surface area contributed by atoms with Gasteiger partial charge in [0.15, 0.2) is 0 Å². The van der Waals surface area contributed by atoms with Crippen LogP contribution < -0.4 is 5.32 Å². The van der Waals surface area contributed by atoms with Crippen molar-refractivity contribution < 1.29 is 0 Å². The average Bonchev–Trinajstić information content (AvgIpc) is 2.69. The smallest absolute Gasteiger partial charge is 0.0406 e. The van der Waals surface area contributed by atoms with E-state index in [1.54, 1.807) is 0 Å². The Hall–Kier alpha value is -0.570. The fraction of sp³-hybridized carbons (Fsp3) is 0.625. The van der Waals surface area contributed by atoms with Crippen molar-refractivity contribution >= 4 is 11.6 Å². The molecule has 2 fully saturated rings. The minimum absolute atomic E-state index is 0.507. The molecule has 19 heavy (non-hydrogen) atoms. The van der Waals surface area contributed by atoms with Crippen molar-refractivity contribution in [2.75, 3.05) is 7.05 Å². The quantitative estimate of drug-likeness (QED) is 0.909. The molecule has 0 aromatic heterocycles. The van der Waals surface area contributed by atoms with E-state index in [2.05, 4.69) is 36.3 Å². The number of piperidine rings is 1. The Morgan fingerprint density at radius 1 is 1.16 bits per heavy atom. The Labute approximate surface area is 121 Å². The van der Waals surface area contributed by atoms with Gasteiger partial charge in [0.05, 0.1) is 0 Å². The molecule has 0 radical (unpaired) electrons. The molecule has 0 saturated carbocycles. The van der Waals surface area contributed by atoms with Crippen molar-refractivity contribution in [2.24, 2.45) is 0 Å². The van der Waals surface area contributed by atoms with E-state index in [9.17, 15) is 0 Å². The summed E-state index contributed by atoms with van der Waals surface area (Å²) in [5.41, 5.74) is 1.39. The highest BCUT2D eigenvalue weighted by Gasteiger charge is 2.42. The topological polar surface area (TPSA) is 15.3 Å². The number of halogens is 1. The molecule has 2 aliphatic rings. The molecule has 2 saturated heterocycles. The van der Waals surface area contributed by atoms with Crippen LogP contribution >= 0.6 is 11.6 Å². The molecule has 3 rings (SSSR count). The van der Waals surface area contributed by atoms with Crippen LogP contribution in [-0.4, -0.2) is 30.1 Å². The molecular formula is C16H23ClN2. The minimum atomic E-state index is 0.507. The van der Waals surface area contributed by atoms with E-state index < -0.39 is 0 Å². The first-order chi connectivity index (χ1) is 9.19. The summed E-state index contributed by atoms with van der Waals surface area (Å²) in [5, 5.41) is 4.29. The Morgan fingerprint density at radius 3 is 2.26 bits per heavy atom. The van der Waals surface area contributed by atoms with Gasteiger partial charge in [-0.2, -0.15) is 0 Å². The molecule has 3 atom stereocenters. The summed E-state index contributed by atoms with van der Waals surface area (Å²) in [4.78, 5) is 2.75. The van der Waals surface area contributed by atoms with Crippen LogP contribution in [0.2, 0.25) is 5.02 Å². The third kappa shape index (κ3) is 2.54. The summed E-state index contributed by atoms with van der Waals surface area (Å²) in [6.07, 6.45) is 5.32. The van der Waals surface area contributed by atoms with Crippen molar-refractivity contribution in [3.8, 4) is 0 Å². The number of nitrogens with one attached hydrogen (secondary N) is 1. The van der Waals surface area contributed by atoms with E-state index in [1.165, 1.54) is 31.2 Å². The molecule has 1 aromatic carbocycles. The Morgan fingerprint density at radius 2 is 1.74 bits per heavy atom. The maximum absolute atomic E-state index is 5.99. The lowest BCUT2D eigenvalue weighted by Gasteiger charge is -2.42. The van der Waals surface area contributed by atoms with Gasteiger partial charge in [0.1, 0.15) is 0 Å². The number of fused-ring (bicyclic) bond motifs is 2. The lowest BCUT2D eigenvalue weighted by atomic mass is 9.94. The van der Waals surface area contributed by atoms with Gasteiger partial charge in [-0.25, -0.2) is 0 Å². The van der Waals surface area contributed by atoms with Crippen LogP contribution in [0.1, 0.15) is 44.2 Å². The van der Waals surface area contributed by atoms with Crippen molar-refractivity contribution in [3.63, 3.8) is 0 Å². The normalized spacial score (nSPS) is 32.5. The van der Waals surface area contributed by atoms with Gasteiger partial charge in [0.2, 0.25) is 0 Å². The maximum atomic E-state index is 5.99. The highest BCUT2D eigenvalue weighted by Crippen LogP contribution is 2.41. The van der Waals surface area contributed by atoms with E-state index in [1.807, 2.05) is 12.1 Å². The highest BCUT2D eigenvalue weighted by molar-refractivity contribution is 6.30. The number of benzene rings is 1. The fourth-order valence-electron chi connectivity index (χ4n) is 3.99. The molecule has 0 aliphatic carbocycles. The zero-order chi connectivity index (χ0) is 13.4. The summed E-state index contributed by atoms with van der Waals surface area (Å²) in [5.74, 6) is 0. The van der Waals surface area contributed by atoms with E-state index in [0.717, 1.165) is 17.1 Å². The Kier molecular flexibility index (Phi) is 3.84. The van der Waals surface area contributed by atoms with E-state index in [0.29, 0.717) is 12.1 Å². The van der Waals surface area contributed by atoms with Crippen LogP contribution in [-0.2, 0) is 0 Å².